The lowest BCUT2D eigenvalue weighted by Gasteiger charge is -2.11. The number of rotatable bonds is 3. The summed E-state index contributed by atoms with van der Waals surface area (Å²) in [6.07, 6.45) is 0. The van der Waals surface area contributed by atoms with Gasteiger partial charge >= 0.3 is 0 Å². The summed E-state index contributed by atoms with van der Waals surface area (Å²) in [5.74, 6) is 0.362. The molecule has 23 heavy (non-hydrogen) atoms. The molecule has 1 aromatic heterocycles. The van der Waals surface area contributed by atoms with Gasteiger partial charge in [0.15, 0.2) is 5.76 Å². The lowest BCUT2D eigenvalue weighted by molar-refractivity contribution is 0.0998. The summed E-state index contributed by atoms with van der Waals surface area (Å²) in [4.78, 5) is 12.5. The first-order chi connectivity index (χ1) is 11.0. The van der Waals surface area contributed by atoms with Crippen molar-refractivity contribution < 1.29 is 13.9 Å². The van der Waals surface area contributed by atoms with Crippen molar-refractivity contribution in [1.82, 2.24) is 0 Å². The maximum absolute atomic E-state index is 12.5. The van der Waals surface area contributed by atoms with Crippen LogP contribution in [0.3, 0.4) is 0 Å². The summed E-state index contributed by atoms with van der Waals surface area (Å²) < 4.78 is 11.7. The third-order valence-corrected chi connectivity index (χ3v) is 4.48. The number of halogens is 2. The molecule has 0 aliphatic heterocycles. The van der Waals surface area contributed by atoms with E-state index in [1.807, 2.05) is 25.1 Å². The fourth-order valence-corrected chi connectivity index (χ4v) is 2.87. The average Bonchev–Trinajstić information content (AvgIpc) is 2.96. The van der Waals surface area contributed by atoms with Crippen LogP contribution in [0.4, 0.5) is 5.69 Å². The van der Waals surface area contributed by atoms with Crippen LogP contribution in [0.15, 0.2) is 45.3 Å². The van der Waals surface area contributed by atoms with Gasteiger partial charge in [0, 0.05) is 16.5 Å². The van der Waals surface area contributed by atoms with Crippen LogP contribution in [-0.2, 0) is 0 Å². The Balaban J connectivity index is 1.94. The van der Waals surface area contributed by atoms with Crippen LogP contribution in [0.2, 0.25) is 5.02 Å². The van der Waals surface area contributed by atoms with Gasteiger partial charge in [0.25, 0.3) is 5.91 Å². The maximum Gasteiger partial charge on any atom is 0.291 e. The Labute approximate surface area is 146 Å². The summed E-state index contributed by atoms with van der Waals surface area (Å²) in [6, 6.07) is 10.8. The van der Waals surface area contributed by atoms with Crippen molar-refractivity contribution in [2.45, 2.75) is 6.92 Å². The highest BCUT2D eigenvalue weighted by atomic mass is 79.9. The van der Waals surface area contributed by atoms with Gasteiger partial charge in [-0.25, -0.2) is 0 Å². The van der Waals surface area contributed by atoms with Gasteiger partial charge in [0.1, 0.15) is 11.3 Å². The second-order valence-electron chi connectivity index (χ2n) is 5.02. The molecule has 1 N–H and O–H groups in total. The van der Waals surface area contributed by atoms with E-state index in [1.54, 1.807) is 18.2 Å². The Kier molecular flexibility index (Phi) is 4.33. The standard InChI is InChI=1S/C17H13BrClNO3/c1-9-6-13(14(22-2)8-12(9)19)20-17(21)15-7-10-4-3-5-11(18)16(10)23-15/h3-8H,1-2H3,(H,20,21). The Morgan fingerprint density at radius 2 is 2.09 bits per heavy atom. The smallest absolute Gasteiger partial charge is 0.291 e. The third-order valence-electron chi connectivity index (χ3n) is 3.45. The molecule has 2 aromatic carbocycles. The second-order valence-corrected chi connectivity index (χ2v) is 6.29. The minimum atomic E-state index is -0.354. The van der Waals surface area contributed by atoms with E-state index in [1.165, 1.54) is 7.11 Å². The van der Waals surface area contributed by atoms with Gasteiger partial charge < -0.3 is 14.5 Å². The van der Waals surface area contributed by atoms with E-state index in [4.69, 9.17) is 20.8 Å². The molecule has 0 atom stereocenters. The van der Waals surface area contributed by atoms with E-state index in [0.717, 1.165) is 15.4 Å². The molecule has 3 aromatic rings. The molecule has 0 aliphatic rings. The number of nitrogens with one attached hydrogen (secondary N) is 1. The van der Waals surface area contributed by atoms with Crippen molar-refractivity contribution in [2.24, 2.45) is 0 Å². The van der Waals surface area contributed by atoms with Gasteiger partial charge in [-0.15, -0.1) is 0 Å². The van der Waals surface area contributed by atoms with Crippen molar-refractivity contribution in [3.05, 3.63) is 57.2 Å². The average molecular weight is 395 g/mol. The molecule has 0 spiro atoms. The molecule has 6 heteroatoms. The van der Waals surface area contributed by atoms with Crippen molar-refractivity contribution in [1.29, 1.82) is 0 Å². The summed E-state index contributed by atoms with van der Waals surface area (Å²) >= 11 is 9.48. The van der Waals surface area contributed by atoms with E-state index < -0.39 is 0 Å². The zero-order chi connectivity index (χ0) is 16.6. The number of benzene rings is 2. The van der Waals surface area contributed by atoms with Gasteiger partial charge in [-0.05, 0) is 46.6 Å². The van der Waals surface area contributed by atoms with E-state index in [0.29, 0.717) is 22.0 Å². The van der Waals surface area contributed by atoms with Gasteiger partial charge in [0.05, 0.1) is 17.3 Å². The Hall–Kier alpha value is -1.98. The molecule has 0 radical (unpaired) electrons. The van der Waals surface area contributed by atoms with E-state index in [-0.39, 0.29) is 11.7 Å². The highest BCUT2D eigenvalue weighted by Gasteiger charge is 2.16. The van der Waals surface area contributed by atoms with Crippen LogP contribution in [0.1, 0.15) is 16.1 Å². The van der Waals surface area contributed by atoms with Gasteiger partial charge in [-0.2, -0.15) is 0 Å². The predicted molar refractivity (Wildman–Crippen MR) is 94.6 cm³/mol. The first kappa shape index (κ1) is 15.9. The number of furan rings is 1. The van der Waals surface area contributed by atoms with Crippen LogP contribution < -0.4 is 10.1 Å². The number of ether oxygens (including phenoxy) is 1. The van der Waals surface area contributed by atoms with Crippen LogP contribution >= 0.6 is 27.5 Å². The minimum absolute atomic E-state index is 0.224. The first-order valence-corrected chi connectivity index (χ1v) is 8.00. The zero-order valence-electron chi connectivity index (χ0n) is 12.4. The molecule has 0 saturated carbocycles. The molecule has 4 nitrogen and oxygen atoms in total. The number of amides is 1. The van der Waals surface area contributed by atoms with Crippen molar-refractivity contribution >= 4 is 50.1 Å². The highest BCUT2D eigenvalue weighted by molar-refractivity contribution is 9.10. The molecule has 0 bridgehead atoms. The lowest BCUT2D eigenvalue weighted by Crippen LogP contribution is -2.12. The summed E-state index contributed by atoms with van der Waals surface area (Å²) in [5.41, 5.74) is 2.02. The summed E-state index contributed by atoms with van der Waals surface area (Å²) in [6.45, 7) is 1.86. The molecule has 3 rings (SSSR count). The number of fused-ring (bicyclic) bond motifs is 1. The number of aryl methyl sites for hydroxylation is 1. The number of hydrogen-bond acceptors (Lipinski definition) is 3. The number of carbonyl (C=O) groups is 1. The van der Waals surface area contributed by atoms with E-state index in [2.05, 4.69) is 21.2 Å². The summed E-state index contributed by atoms with van der Waals surface area (Å²) in [7, 11) is 1.52. The fourth-order valence-electron chi connectivity index (χ4n) is 2.25. The third kappa shape index (κ3) is 3.07. The first-order valence-electron chi connectivity index (χ1n) is 6.83. The molecule has 1 heterocycles. The minimum Gasteiger partial charge on any atom is -0.495 e. The normalized spacial score (nSPS) is 10.8. The predicted octanol–water partition coefficient (Wildman–Crippen LogP) is 5.42. The number of carbonyl (C=O) groups excluding carboxylic acids is 1. The molecule has 0 unspecified atom stereocenters. The fraction of sp³-hybridized carbons (Fsp3) is 0.118. The largest absolute Gasteiger partial charge is 0.495 e. The Morgan fingerprint density at radius 1 is 1.30 bits per heavy atom. The topological polar surface area (TPSA) is 51.5 Å². The van der Waals surface area contributed by atoms with Crippen LogP contribution in [0.5, 0.6) is 5.75 Å². The van der Waals surface area contributed by atoms with Crippen molar-refractivity contribution in [3.8, 4) is 5.75 Å². The molecular formula is C17H13BrClNO3. The molecule has 118 valence electrons. The van der Waals surface area contributed by atoms with E-state index in [9.17, 15) is 4.79 Å². The monoisotopic (exact) mass is 393 g/mol. The van der Waals surface area contributed by atoms with Crippen LogP contribution in [0.25, 0.3) is 11.0 Å². The Bertz CT molecular complexity index is 904. The molecular weight excluding hydrogens is 382 g/mol. The number of anilines is 1. The Morgan fingerprint density at radius 3 is 2.78 bits per heavy atom. The quantitative estimate of drug-likeness (QED) is 0.645. The SMILES string of the molecule is COc1cc(Cl)c(C)cc1NC(=O)c1cc2cccc(Br)c2o1. The molecule has 0 saturated heterocycles. The van der Waals surface area contributed by atoms with Crippen molar-refractivity contribution in [3.63, 3.8) is 0 Å². The molecule has 0 fully saturated rings. The molecule has 1 amide bonds. The number of methoxy groups -OCH3 is 1. The van der Waals surface area contributed by atoms with Crippen LogP contribution in [-0.4, -0.2) is 13.0 Å². The number of hydrogen-bond donors (Lipinski definition) is 1. The second kappa shape index (κ2) is 6.26. The van der Waals surface area contributed by atoms with Crippen molar-refractivity contribution in [2.75, 3.05) is 12.4 Å². The van der Waals surface area contributed by atoms with Gasteiger partial charge in [0.2, 0.25) is 0 Å². The van der Waals surface area contributed by atoms with Gasteiger partial charge in [-0.3, -0.25) is 4.79 Å². The highest BCUT2D eigenvalue weighted by Crippen LogP contribution is 2.32. The lowest BCUT2D eigenvalue weighted by atomic mass is 10.2. The zero-order valence-corrected chi connectivity index (χ0v) is 14.8. The number of para-hydroxylation sites is 1. The van der Waals surface area contributed by atoms with E-state index >= 15 is 0 Å². The van der Waals surface area contributed by atoms with Gasteiger partial charge in [-0.1, -0.05) is 23.7 Å². The summed E-state index contributed by atoms with van der Waals surface area (Å²) in [5, 5.41) is 4.22. The molecule has 0 aliphatic carbocycles. The van der Waals surface area contributed by atoms with Crippen LogP contribution in [0, 0.1) is 6.92 Å². The maximum atomic E-state index is 12.5.